The molecule has 9 nitrogen and oxygen atoms in total. The first-order valence-electron chi connectivity index (χ1n) is 13.3. The lowest BCUT2D eigenvalue weighted by Gasteiger charge is -2.31. The van der Waals surface area contributed by atoms with Gasteiger partial charge >= 0.3 is 12.2 Å². The van der Waals surface area contributed by atoms with Gasteiger partial charge in [0.25, 0.3) is 5.91 Å². The van der Waals surface area contributed by atoms with E-state index in [1.165, 1.54) is 0 Å². The average Bonchev–Trinajstić information content (AvgIpc) is 2.95. The summed E-state index contributed by atoms with van der Waals surface area (Å²) >= 11 is 0. The number of rotatable bonds is 2. The fourth-order valence-corrected chi connectivity index (χ4v) is 4.65. The van der Waals surface area contributed by atoms with Crippen molar-refractivity contribution < 1.29 is 27.4 Å². The van der Waals surface area contributed by atoms with Crippen LogP contribution in [-0.4, -0.2) is 71.3 Å². The van der Waals surface area contributed by atoms with Crippen LogP contribution in [0.4, 0.5) is 19.1 Å². The van der Waals surface area contributed by atoms with Crippen molar-refractivity contribution in [3.8, 4) is 11.8 Å². The molecule has 7 heterocycles. The number of anilines is 1. The van der Waals surface area contributed by atoms with Gasteiger partial charge in [0, 0.05) is 31.6 Å². The van der Waals surface area contributed by atoms with Gasteiger partial charge in [0.15, 0.2) is 6.61 Å². The number of amides is 1. The van der Waals surface area contributed by atoms with Crippen LogP contribution in [0.3, 0.4) is 0 Å². The molecule has 1 saturated heterocycles. The topological polar surface area (TPSA) is 102 Å². The van der Waals surface area contributed by atoms with Crippen LogP contribution in [0.2, 0.25) is 0 Å². The molecule has 0 aliphatic carbocycles. The van der Waals surface area contributed by atoms with E-state index < -0.39 is 18.8 Å². The molecule has 6 aliphatic rings. The Kier molecular flexibility index (Phi) is 8.63. The molecule has 3 aromatic rings. The summed E-state index contributed by atoms with van der Waals surface area (Å²) in [6.07, 6.45) is -2.28. The molecule has 40 heavy (non-hydrogen) atoms. The molecule has 0 saturated carbocycles. The number of fused-ring (bicyclic) bond motifs is 1. The highest BCUT2D eigenvalue weighted by Crippen LogP contribution is 2.20. The van der Waals surface area contributed by atoms with Gasteiger partial charge in [-0.05, 0) is 67.2 Å². The van der Waals surface area contributed by atoms with E-state index in [9.17, 15) is 18.0 Å². The van der Waals surface area contributed by atoms with Gasteiger partial charge in [-0.1, -0.05) is 24.3 Å². The van der Waals surface area contributed by atoms with Crippen molar-refractivity contribution in [1.29, 1.82) is 0 Å². The molecule has 9 rings (SSSR count). The quantitative estimate of drug-likeness (QED) is 0.491. The Labute approximate surface area is 230 Å². The summed E-state index contributed by atoms with van der Waals surface area (Å²) in [5.74, 6) is 1.37. The summed E-state index contributed by atoms with van der Waals surface area (Å²) < 4.78 is 49.0. The monoisotopic (exact) mass is 556 g/mol. The fourth-order valence-electron chi connectivity index (χ4n) is 4.65. The highest BCUT2D eigenvalue weighted by atomic mass is 19.4. The van der Waals surface area contributed by atoms with E-state index in [-0.39, 0.29) is 24.1 Å². The minimum absolute atomic E-state index is 0.0945. The van der Waals surface area contributed by atoms with Crippen molar-refractivity contribution in [3.05, 3.63) is 71.0 Å². The smallest absolute Gasteiger partial charge is 0.422 e. The number of hydrogen-bond acceptors (Lipinski definition) is 8. The van der Waals surface area contributed by atoms with Gasteiger partial charge in [0.05, 0.1) is 0 Å². The maximum Gasteiger partial charge on any atom is 0.422 e. The first-order valence-corrected chi connectivity index (χ1v) is 13.3. The Morgan fingerprint density at radius 3 is 2.38 bits per heavy atom. The molecule has 2 aromatic carbocycles. The molecule has 0 unspecified atom stereocenters. The SMILES string of the molecule is O=C1NCC2CCN(CCOc3ccc(cc3)CNc3nc(nc(OCC(F)(F)F)n3)Cc3ccc1cc3)CC2. The average molecular weight is 557 g/mol. The molecule has 1 fully saturated rings. The lowest BCUT2D eigenvalue weighted by molar-refractivity contribution is -0.154. The maximum absolute atomic E-state index is 12.8. The van der Waals surface area contributed by atoms with E-state index in [0.29, 0.717) is 31.2 Å². The largest absolute Gasteiger partial charge is 0.492 e. The summed E-state index contributed by atoms with van der Waals surface area (Å²) in [7, 11) is 0. The van der Waals surface area contributed by atoms with Gasteiger partial charge in [-0.2, -0.15) is 28.1 Å². The summed E-state index contributed by atoms with van der Waals surface area (Å²) in [5, 5.41) is 6.08. The number of carbonyl (C=O) groups excluding carboxylic acids is 1. The predicted molar refractivity (Wildman–Crippen MR) is 141 cm³/mol. The Hall–Kier alpha value is -3.93. The number of benzene rings is 2. The van der Waals surface area contributed by atoms with E-state index in [1.807, 2.05) is 24.3 Å². The number of nitrogens with one attached hydrogen (secondary N) is 2. The van der Waals surface area contributed by atoms with Crippen LogP contribution in [0.25, 0.3) is 0 Å². The summed E-state index contributed by atoms with van der Waals surface area (Å²) in [4.78, 5) is 27.6. The van der Waals surface area contributed by atoms with E-state index in [0.717, 1.165) is 49.4 Å². The number of halogens is 3. The first-order chi connectivity index (χ1) is 19.3. The zero-order valence-electron chi connectivity index (χ0n) is 21.9. The van der Waals surface area contributed by atoms with E-state index in [1.54, 1.807) is 24.3 Å². The number of alkyl halides is 3. The van der Waals surface area contributed by atoms with Gasteiger partial charge in [-0.15, -0.1) is 0 Å². The third-order valence-corrected chi connectivity index (χ3v) is 6.91. The molecule has 12 heteroatoms. The molecule has 8 bridgehead atoms. The highest BCUT2D eigenvalue weighted by molar-refractivity contribution is 5.94. The van der Waals surface area contributed by atoms with Crippen LogP contribution in [0.5, 0.6) is 11.8 Å². The predicted octanol–water partition coefficient (Wildman–Crippen LogP) is 3.85. The zero-order valence-corrected chi connectivity index (χ0v) is 21.9. The third-order valence-electron chi connectivity index (χ3n) is 6.91. The summed E-state index contributed by atoms with van der Waals surface area (Å²) in [6, 6.07) is 14.2. The van der Waals surface area contributed by atoms with Gasteiger partial charge in [-0.3, -0.25) is 9.69 Å². The van der Waals surface area contributed by atoms with Gasteiger partial charge < -0.3 is 20.1 Å². The van der Waals surface area contributed by atoms with Gasteiger partial charge in [0.1, 0.15) is 18.2 Å². The van der Waals surface area contributed by atoms with Gasteiger partial charge in [-0.25, -0.2) is 0 Å². The van der Waals surface area contributed by atoms with Crippen molar-refractivity contribution in [3.63, 3.8) is 0 Å². The minimum Gasteiger partial charge on any atom is -0.492 e. The molecular weight excluding hydrogens is 525 g/mol. The summed E-state index contributed by atoms with van der Waals surface area (Å²) in [5.41, 5.74) is 2.23. The number of hydrogen-bond donors (Lipinski definition) is 2. The second kappa shape index (κ2) is 12.5. The van der Waals surface area contributed by atoms with Crippen LogP contribution < -0.4 is 20.1 Å². The zero-order chi connectivity index (χ0) is 28.0. The Bertz CT molecular complexity index is 1280. The lowest BCUT2D eigenvalue weighted by atomic mass is 9.96. The molecule has 1 aromatic heterocycles. The van der Waals surface area contributed by atoms with Crippen LogP contribution in [0.15, 0.2) is 48.5 Å². The molecular formula is C28H31F3N6O3. The van der Waals surface area contributed by atoms with Crippen LogP contribution in [0, 0.1) is 5.92 Å². The summed E-state index contributed by atoms with van der Waals surface area (Å²) in [6.45, 7) is 2.79. The first kappa shape index (κ1) is 27.6. The van der Waals surface area contributed by atoms with Crippen molar-refractivity contribution in [2.75, 3.05) is 44.7 Å². The number of aromatic nitrogens is 3. The standard InChI is InChI=1S/C28H31F3N6O3/c29-28(30,31)18-40-27-35-24-15-19-1-5-22(6-2-19)25(38)32-16-21-9-11-37(12-10-21)13-14-39-23-7-3-20(4-8-23)17-33-26(34-24)36-27/h1-8,21H,9-18H2,(H,32,38)(H,33,34,35,36). The Balaban J connectivity index is 1.36. The number of carbonyl (C=O) groups is 1. The highest BCUT2D eigenvalue weighted by Gasteiger charge is 2.29. The van der Waals surface area contributed by atoms with E-state index in [4.69, 9.17) is 9.47 Å². The second-order valence-electron chi connectivity index (χ2n) is 9.98. The molecule has 0 spiro atoms. The van der Waals surface area contributed by atoms with Crippen molar-refractivity contribution in [2.45, 2.75) is 32.0 Å². The fraction of sp³-hybridized carbons (Fsp3) is 0.429. The maximum atomic E-state index is 12.8. The molecule has 2 N–H and O–H groups in total. The number of piperidine rings is 1. The normalized spacial score (nSPS) is 20.2. The Morgan fingerprint density at radius 1 is 0.925 bits per heavy atom. The van der Waals surface area contributed by atoms with Crippen molar-refractivity contribution in [1.82, 2.24) is 25.2 Å². The van der Waals surface area contributed by atoms with E-state index in [2.05, 4.69) is 30.5 Å². The van der Waals surface area contributed by atoms with Gasteiger partial charge in [0.2, 0.25) is 5.95 Å². The van der Waals surface area contributed by atoms with Crippen LogP contribution in [-0.2, 0) is 13.0 Å². The molecule has 212 valence electrons. The molecule has 6 aliphatic heterocycles. The molecule has 1 amide bonds. The second-order valence-corrected chi connectivity index (χ2v) is 9.98. The lowest BCUT2D eigenvalue weighted by Crippen LogP contribution is -2.40. The number of nitrogens with zero attached hydrogens (tertiary/aromatic N) is 4. The van der Waals surface area contributed by atoms with Crippen LogP contribution in [0.1, 0.15) is 40.2 Å². The minimum atomic E-state index is -4.53. The molecule has 0 atom stereocenters. The number of ether oxygens (including phenoxy) is 2. The van der Waals surface area contributed by atoms with Crippen LogP contribution >= 0.6 is 0 Å². The Morgan fingerprint density at radius 2 is 1.65 bits per heavy atom. The van der Waals surface area contributed by atoms with E-state index >= 15 is 0 Å². The molecule has 0 radical (unpaired) electrons. The van der Waals surface area contributed by atoms with Crippen molar-refractivity contribution in [2.24, 2.45) is 5.92 Å². The van der Waals surface area contributed by atoms with Crippen molar-refractivity contribution >= 4 is 11.9 Å². The third kappa shape index (κ3) is 8.04.